The van der Waals surface area contributed by atoms with Crippen LogP contribution in [-0.2, 0) is 9.59 Å². The van der Waals surface area contributed by atoms with Gasteiger partial charge in [-0.1, -0.05) is 26.0 Å². The molecule has 2 amide bonds. The first kappa shape index (κ1) is 22.7. The predicted molar refractivity (Wildman–Crippen MR) is 119 cm³/mol. The second-order valence-electron chi connectivity index (χ2n) is 8.60. The Kier molecular flexibility index (Phi) is 6.90. The van der Waals surface area contributed by atoms with E-state index in [2.05, 4.69) is 36.0 Å². The number of aryl methyl sites for hydroxylation is 1. The topological polar surface area (TPSA) is 91.6 Å². The molecule has 0 radical (unpaired) electrons. The molecule has 0 bridgehead atoms. The maximum Gasteiger partial charge on any atom is 0.313 e. The summed E-state index contributed by atoms with van der Waals surface area (Å²) in [4.78, 5) is 33.8. The van der Waals surface area contributed by atoms with E-state index in [9.17, 15) is 14.0 Å². The Balaban J connectivity index is 1.84. The molecule has 0 aliphatic carbocycles. The standard InChI is InChI=1S/C23H30FN5O2/c1-14(2)11-28-13-20(17-5-7-18(24)8-6-17)29(12-16(28)4)23(31)22(30)27-19-9-15(3)21(25)26-10-19/h5-10,14,16,20H,11-13H2,1-4H3,(H2,25,26)(H,27,30)/t16-,20-/m0/s1. The van der Waals surface area contributed by atoms with E-state index in [0.29, 0.717) is 36.1 Å². The van der Waals surface area contributed by atoms with Gasteiger partial charge >= 0.3 is 11.8 Å². The third-order valence-corrected chi connectivity index (χ3v) is 5.55. The number of amides is 2. The van der Waals surface area contributed by atoms with Crippen molar-refractivity contribution in [2.24, 2.45) is 5.92 Å². The first-order valence-electron chi connectivity index (χ1n) is 10.5. The number of hydrogen-bond acceptors (Lipinski definition) is 5. The summed E-state index contributed by atoms with van der Waals surface area (Å²) in [5, 5.41) is 2.62. The first-order chi connectivity index (χ1) is 14.7. The molecule has 7 nitrogen and oxygen atoms in total. The molecular weight excluding hydrogens is 397 g/mol. The van der Waals surface area contributed by atoms with Gasteiger partial charge in [-0.3, -0.25) is 14.5 Å². The Hall–Kier alpha value is -3.00. The number of carbonyl (C=O) groups is 2. The van der Waals surface area contributed by atoms with Gasteiger partial charge in [0.2, 0.25) is 0 Å². The van der Waals surface area contributed by atoms with Crippen molar-refractivity contribution in [1.82, 2.24) is 14.8 Å². The number of nitrogen functional groups attached to an aromatic ring is 1. The molecule has 31 heavy (non-hydrogen) atoms. The molecule has 0 unspecified atom stereocenters. The van der Waals surface area contributed by atoms with Gasteiger partial charge in [0.25, 0.3) is 0 Å². The molecule has 1 aromatic heterocycles. The average Bonchev–Trinajstić information content (AvgIpc) is 2.71. The number of carbonyl (C=O) groups excluding carboxylic acids is 2. The van der Waals surface area contributed by atoms with E-state index in [0.717, 1.165) is 12.1 Å². The average molecular weight is 428 g/mol. The second kappa shape index (κ2) is 9.43. The normalized spacial score (nSPS) is 19.5. The highest BCUT2D eigenvalue weighted by Crippen LogP contribution is 2.29. The van der Waals surface area contributed by atoms with Gasteiger partial charge in [0.05, 0.1) is 17.9 Å². The Bertz CT molecular complexity index is 947. The number of anilines is 2. The Morgan fingerprint density at radius 2 is 1.94 bits per heavy atom. The maximum atomic E-state index is 13.5. The van der Waals surface area contributed by atoms with Gasteiger partial charge in [0.1, 0.15) is 11.6 Å². The van der Waals surface area contributed by atoms with Crippen molar-refractivity contribution in [2.45, 2.75) is 39.8 Å². The molecule has 2 aromatic rings. The molecule has 1 aliphatic rings. The third-order valence-electron chi connectivity index (χ3n) is 5.55. The van der Waals surface area contributed by atoms with Gasteiger partial charge in [-0.15, -0.1) is 0 Å². The summed E-state index contributed by atoms with van der Waals surface area (Å²) in [6.45, 7) is 9.98. The van der Waals surface area contributed by atoms with Gasteiger partial charge in [-0.25, -0.2) is 9.37 Å². The van der Waals surface area contributed by atoms with E-state index in [1.54, 1.807) is 30.0 Å². The third kappa shape index (κ3) is 5.38. The highest BCUT2D eigenvalue weighted by Gasteiger charge is 2.37. The Labute approximate surface area is 182 Å². The number of nitrogens with zero attached hydrogens (tertiary/aromatic N) is 3. The highest BCUT2D eigenvalue weighted by molar-refractivity contribution is 6.39. The number of piperazine rings is 1. The summed E-state index contributed by atoms with van der Waals surface area (Å²) in [6, 6.07) is 7.53. The van der Waals surface area contributed by atoms with Gasteiger partial charge in [-0.05, 0) is 49.1 Å². The number of pyridine rings is 1. The van der Waals surface area contributed by atoms with E-state index >= 15 is 0 Å². The molecule has 1 aliphatic heterocycles. The van der Waals surface area contributed by atoms with Crippen molar-refractivity contribution >= 4 is 23.3 Å². The fourth-order valence-electron chi connectivity index (χ4n) is 3.91. The van der Waals surface area contributed by atoms with Crippen LogP contribution in [0.5, 0.6) is 0 Å². The van der Waals surface area contributed by atoms with Crippen molar-refractivity contribution in [3.05, 3.63) is 53.5 Å². The van der Waals surface area contributed by atoms with Gasteiger partial charge < -0.3 is 16.0 Å². The van der Waals surface area contributed by atoms with Gasteiger partial charge in [-0.2, -0.15) is 0 Å². The fraction of sp³-hybridized carbons (Fsp3) is 0.435. The molecule has 1 fully saturated rings. The van der Waals surface area contributed by atoms with Crippen LogP contribution in [0, 0.1) is 18.7 Å². The summed E-state index contributed by atoms with van der Waals surface area (Å²) in [5.41, 5.74) is 7.65. The number of nitrogens with two attached hydrogens (primary N) is 1. The zero-order valence-electron chi connectivity index (χ0n) is 18.4. The summed E-state index contributed by atoms with van der Waals surface area (Å²) in [5.74, 6) is -0.866. The van der Waals surface area contributed by atoms with E-state index in [1.165, 1.54) is 18.3 Å². The molecule has 0 saturated carbocycles. The van der Waals surface area contributed by atoms with Crippen molar-refractivity contribution in [1.29, 1.82) is 0 Å². The summed E-state index contributed by atoms with van der Waals surface area (Å²) in [7, 11) is 0. The minimum Gasteiger partial charge on any atom is -0.383 e. The van der Waals surface area contributed by atoms with Gasteiger partial charge in [0.15, 0.2) is 0 Å². The zero-order valence-corrected chi connectivity index (χ0v) is 18.4. The van der Waals surface area contributed by atoms with Gasteiger partial charge in [0, 0.05) is 25.7 Å². The number of nitrogens with one attached hydrogen (secondary N) is 1. The zero-order chi connectivity index (χ0) is 22.7. The molecule has 0 spiro atoms. The summed E-state index contributed by atoms with van der Waals surface area (Å²) >= 11 is 0. The number of aromatic nitrogens is 1. The molecule has 3 rings (SSSR count). The molecular formula is C23H30FN5O2. The minimum atomic E-state index is -0.734. The van der Waals surface area contributed by atoms with Crippen LogP contribution in [0.3, 0.4) is 0 Å². The minimum absolute atomic E-state index is 0.0938. The molecule has 2 heterocycles. The number of hydrogen-bond donors (Lipinski definition) is 2. The number of benzene rings is 1. The second-order valence-corrected chi connectivity index (χ2v) is 8.60. The summed E-state index contributed by atoms with van der Waals surface area (Å²) < 4.78 is 13.5. The predicted octanol–water partition coefficient (Wildman–Crippen LogP) is 2.98. The van der Waals surface area contributed by atoms with E-state index in [1.807, 2.05) is 0 Å². The van der Waals surface area contributed by atoms with Crippen LogP contribution in [0.2, 0.25) is 0 Å². The largest absolute Gasteiger partial charge is 0.383 e. The molecule has 1 aromatic carbocycles. The van der Waals surface area contributed by atoms with Crippen LogP contribution >= 0.6 is 0 Å². The lowest BCUT2D eigenvalue weighted by Gasteiger charge is -2.45. The molecule has 8 heteroatoms. The monoisotopic (exact) mass is 427 g/mol. The smallest absolute Gasteiger partial charge is 0.313 e. The molecule has 3 N–H and O–H groups in total. The SMILES string of the molecule is Cc1cc(NC(=O)C(=O)N2C[C@H](C)N(CC(C)C)C[C@H]2c2ccc(F)cc2)cnc1N. The lowest BCUT2D eigenvalue weighted by Crippen LogP contribution is -2.57. The lowest BCUT2D eigenvalue weighted by molar-refractivity contribution is -0.148. The van der Waals surface area contributed by atoms with Crippen LogP contribution < -0.4 is 11.1 Å². The van der Waals surface area contributed by atoms with Crippen molar-refractivity contribution in [3.63, 3.8) is 0 Å². The van der Waals surface area contributed by atoms with Crippen LogP contribution in [0.25, 0.3) is 0 Å². The molecule has 1 saturated heterocycles. The molecule has 166 valence electrons. The molecule has 2 atom stereocenters. The van der Waals surface area contributed by atoms with Crippen molar-refractivity contribution < 1.29 is 14.0 Å². The van der Waals surface area contributed by atoms with Crippen molar-refractivity contribution in [3.8, 4) is 0 Å². The van der Waals surface area contributed by atoms with E-state index in [4.69, 9.17) is 5.73 Å². The first-order valence-corrected chi connectivity index (χ1v) is 10.5. The van der Waals surface area contributed by atoms with E-state index in [-0.39, 0.29) is 17.9 Å². The van der Waals surface area contributed by atoms with E-state index < -0.39 is 11.8 Å². The quantitative estimate of drug-likeness (QED) is 0.732. The maximum absolute atomic E-state index is 13.5. The van der Waals surface area contributed by atoms with Crippen LogP contribution in [0.15, 0.2) is 36.5 Å². The Morgan fingerprint density at radius 3 is 2.55 bits per heavy atom. The fourth-order valence-corrected chi connectivity index (χ4v) is 3.91. The van der Waals surface area contributed by atoms with Crippen LogP contribution in [0.1, 0.15) is 37.9 Å². The summed E-state index contributed by atoms with van der Waals surface area (Å²) in [6.07, 6.45) is 1.42. The number of halogens is 1. The van der Waals surface area contributed by atoms with Crippen LogP contribution in [-0.4, -0.2) is 52.3 Å². The number of rotatable bonds is 4. The lowest BCUT2D eigenvalue weighted by atomic mass is 9.98. The Morgan fingerprint density at radius 1 is 1.26 bits per heavy atom. The van der Waals surface area contributed by atoms with Crippen LogP contribution in [0.4, 0.5) is 15.9 Å². The van der Waals surface area contributed by atoms with Crippen molar-refractivity contribution in [2.75, 3.05) is 30.7 Å². The highest BCUT2D eigenvalue weighted by atomic mass is 19.1.